The second-order valence-corrected chi connectivity index (χ2v) is 3.75. The highest BCUT2D eigenvalue weighted by Crippen LogP contribution is 2.11. The molecule has 0 saturated heterocycles. The maximum atomic E-state index is 12.0. The van der Waals surface area contributed by atoms with Gasteiger partial charge in [-0.3, -0.25) is 14.4 Å². The van der Waals surface area contributed by atoms with Crippen LogP contribution in [0.4, 0.5) is 0 Å². The number of hydrogen-bond acceptors (Lipinski definition) is 3. The summed E-state index contributed by atoms with van der Waals surface area (Å²) in [6, 6.07) is 14.9. The number of ketones is 2. The van der Waals surface area contributed by atoms with Gasteiger partial charge >= 0.3 is 0 Å². The summed E-state index contributed by atoms with van der Waals surface area (Å²) >= 11 is 0. The third-order valence-electron chi connectivity index (χ3n) is 2.57. The van der Waals surface area contributed by atoms with Crippen molar-refractivity contribution in [1.29, 1.82) is 0 Å². The van der Waals surface area contributed by atoms with Crippen LogP contribution in [0.5, 0.6) is 0 Å². The van der Waals surface area contributed by atoms with Crippen LogP contribution in [-0.4, -0.2) is 17.9 Å². The zero-order valence-corrected chi connectivity index (χ0v) is 9.50. The van der Waals surface area contributed by atoms with Gasteiger partial charge in [-0.1, -0.05) is 54.6 Å². The first-order valence-electron chi connectivity index (χ1n) is 5.41. The van der Waals surface area contributed by atoms with E-state index in [1.807, 2.05) is 6.07 Å². The Morgan fingerprint density at radius 2 is 1.22 bits per heavy atom. The number of carbonyl (C=O) groups is 3. The fourth-order valence-corrected chi connectivity index (χ4v) is 1.61. The van der Waals surface area contributed by atoms with Crippen LogP contribution in [0.25, 0.3) is 0 Å². The first-order valence-corrected chi connectivity index (χ1v) is 5.41. The summed E-state index contributed by atoms with van der Waals surface area (Å²) in [4.78, 5) is 33.5. The maximum absolute atomic E-state index is 12.0. The molecule has 0 spiro atoms. The molecule has 0 atom stereocenters. The molecule has 0 unspecified atom stereocenters. The van der Waals surface area contributed by atoms with Gasteiger partial charge < -0.3 is 0 Å². The molecule has 0 aliphatic carbocycles. The van der Waals surface area contributed by atoms with Gasteiger partial charge in [-0.05, 0) is 0 Å². The molecule has 2 rings (SSSR count). The highest BCUT2D eigenvalue weighted by atomic mass is 16.2. The fraction of sp³-hybridized carbons (Fsp3) is 0. The summed E-state index contributed by atoms with van der Waals surface area (Å²) in [7, 11) is 0. The Kier molecular flexibility index (Phi) is 3.44. The van der Waals surface area contributed by atoms with Crippen molar-refractivity contribution in [2.24, 2.45) is 0 Å². The largest absolute Gasteiger partial charge is 0.294 e. The third kappa shape index (κ3) is 2.40. The van der Waals surface area contributed by atoms with Gasteiger partial charge in [0.25, 0.3) is 0 Å². The summed E-state index contributed by atoms with van der Waals surface area (Å²) in [5.41, 5.74) is 1.37. The molecule has 0 saturated carbocycles. The zero-order valence-electron chi connectivity index (χ0n) is 9.50. The molecule has 0 amide bonds. The molecule has 88 valence electrons. The van der Waals surface area contributed by atoms with E-state index in [2.05, 4.69) is 0 Å². The van der Waals surface area contributed by atoms with E-state index in [0.29, 0.717) is 11.1 Å². The lowest BCUT2D eigenvalue weighted by Crippen LogP contribution is -2.03. The van der Waals surface area contributed by atoms with Crippen molar-refractivity contribution >= 4 is 17.9 Å². The zero-order chi connectivity index (χ0) is 13.0. The minimum Gasteiger partial charge on any atom is -0.294 e. The Morgan fingerprint density at radius 3 is 1.78 bits per heavy atom. The molecule has 0 bridgehead atoms. The average molecular weight is 238 g/mol. The number of carbonyl (C=O) groups excluding carboxylic acids is 3. The molecule has 0 heterocycles. The topological polar surface area (TPSA) is 51.2 Å². The van der Waals surface area contributed by atoms with Crippen LogP contribution in [0.2, 0.25) is 0 Å². The molecule has 0 aliphatic heterocycles. The second-order valence-electron chi connectivity index (χ2n) is 3.75. The Morgan fingerprint density at radius 1 is 0.722 bits per heavy atom. The summed E-state index contributed by atoms with van der Waals surface area (Å²) in [5, 5.41) is 0. The monoisotopic (exact) mass is 238 g/mol. The van der Waals surface area contributed by atoms with Gasteiger partial charge in [0.1, 0.15) is 0 Å². The van der Waals surface area contributed by atoms with Gasteiger partial charge in [0.05, 0.1) is 0 Å². The maximum Gasteiger partial charge on any atom is 0.225 e. The molecule has 2 aromatic carbocycles. The standard InChI is InChI=1S/C15H10O3/c16-10-14(17)11-6-8-13(9-7-11)15(18)12-4-2-1-3-5-12/h1-10H. The molecule has 0 aromatic heterocycles. The molecule has 0 radical (unpaired) electrons. The first-order chi connectivity index (χ1) is 8.72. The second kappa shape index (κ2) is 5.19. The minimum absolute atomic E-state index is 0.110. The molecule has 3 heteroatoms. The van der Waals surface area contributed by atoms with Crippen LogP contribution in [-0.2, 0) is 4.79 Å². The van der Waals surface area contributed by atoms with E-state index in [9.17, 15) is 14.4 Å². The van der Waals surface area contributed by atoms with E-state index in [0.717, 1.165) is 0 Å². The average Bonchev–Trinajstić information content (AvgIpc) is 2.47. The van der Waals surface area contributed by atoms with Gasteiger partial charge in [-0.2, -0.15) is 0 Å². The highest BCUT2D eigenvalue weighted by Gasteiger charge is 2.09. The lowest BCUT2D eigenvalue weighted by Gasteiger charge is -2.01. The van der Waals surface area contributed by atoms with E-state index >= 15 is 0 Å². The molecule has 18 heavy (non-hydrogen) atoms. The van der Waals surface area contributed by atoms with Crippen molar-refractivity contribution in [3.8, 4) is 0 Å². The molecule has 0 aliphatic rings. The van der Waals surface area contributed by atoms with Gasteiger partial charge in [0.15, 0.2) is 12.1 Å². The summed E-state index contributed by atoms with van der Waals surface area (Å²) in [6.45, 7) is 0. The van der Waals surface area contributed by atoms with Gasteiger partial charge in [-0.25, -0.2) is 0 Å². The third-order valence-corrected chi connectivity index (χ3v) is 2.57. The van der Waals surface area contributed by atoms with Crippen molar-refractivity contribution in [1.82, 2.24) is 0 Å². The summed E-state index contributed by atoms with van der Waals surface area (Å²) in [6.07, 6.45) is 0.258. The highest BCUT2D eigenvalue weighted by molar-refractivity contribution is 6.33. The Labute approximate surface area is 104 Å². The van der Waals surface area contributed by atoms with Crippen LogP contribution < -0.4 is 0 Å². The van der Waals surface area contributed by atoms with Gasteiger partial charge in [-0.15, -0.1) is 0 Å². The van der Waals surface area contributed by atoms with Crippen LogP contribution >= 0.6 is 0 Å². The molecular formula is C15H10O3. The Balaban J connectivity index is 2.28. The van der Waals surface area contributed by atoms with E-state index in [1.165, 1.54) is 12.1 Å². The van der Waals surface area contributed by atoms with Gasteiger partial charge in [0.2, 0.25) is 5.78 Å². The fourth-order valence-electron chi connectivity index (χ4n) is 1.61. The Bertz CT molecular complexity index is 583. The normalized spacial score (nSPS) is 9.78. The smallest absolute Gasteiger partial charge is 0.225 e. The number of Topliss-reactive ketones (excluding diaryl/α,β-unsaturated/α-hetero) is 1. The molecule has 2 aromatic rings. The SMILES string of the molecule is O=CC(=O)c1ccc(C(=O)c2ccccc2)cc1. The Hall–Kier alpha value is -2.55. The lowest BCUT2D eigenvalue weighted by molar-refractivity contribution is -0.104. The van der Waals surface area contributed by atoms with E-state index in [4.69, 9.17) is 0 Å². The van der Waals surface area contributed by atoms with E-state index in [-0.39, 0.29) is 17.6 Å². The number of rotatable bonds is 4. The van der Waals surface area contributed by atoms with Crippen LogP contribution in [0.15, 0.2) is 54.6 Å². The van der Waals surface area contributed by atoms with Crippen LogP contribution in [0, 0.1) is 0 Å². The quantitative estimate of drug-likeness (QED) is 0.466. The van der Waals surface area contributed by atoms with Crippen LogP contribution in [0.3, 0.4) is 0 Å². The van der Waals surface area contributed by atoms with Gasteiger partial charge in [0, 0.05) is 16.7 Å². The minimum atomic E-state index is -0.589. The molecule has 3 nitrogen and oxygen atoms in total. The predicted molar refractivity (Wildman–Crippen MR) is 66.7 cm³/mol. The molecular weight excluding hydrogens is 228 g/mol. The number of aldehydes is 1. The van der Waals surface area contributed by atoms with Crippen molar-refractivity contribution < 1.29 is 14.4 Å². The van der Waals surface area contributed by atoms with Crippen LogP contribution in [0.1, 0.15) is 26.3 Å². The van der Waals surface area contributed by atoms with Crippen molar-refractivity contribution in [2.75, 3.05) is 0 Å². The summed E-state index contributed by atoms with van der Waals surface area (Å²) in [5.74, 6) is -0.700. The van der Waals surface area contributed by atoms with Crippen molar-refractivity contribution in [3.63, 3.8) is 0 Å². The van der Waals surface area contributed by atoms with Crippen molar-refractivity contribution in [2.45, 2.75) is 0 Å². The number of benzene rings is 2. The van der Waals surface area contributed by atoms with E-state index in [1.54, 1.807) is 36.4 Å². The first kappa shape index (κ1) is 11.9. The molecule has 0 fully saturated rings. The number of hydrogen-bond donors (Lipinski definition) is 0. The molecule has 0 N–H and O–H groups in total. The van der Waals surface area contributed by atoms with E-state index < -0.39 is 5.78 Å². The predicted octanol–water partition coefficient (Wildman–Crippen LogP) is 2.30. The lowest BCUT2D eigenvalue weighted by atomic mass is 10.0. The van der Waals surface area contributed by atoms with Crippen molar-refractivity contribution in [3.05, 3.63) is 71.3 Å². The summed E-state index contributed by atoms with van der Waals surface area (Å²) < 4.78 is 0.